The molecule has 0 amide bonds. The lowest BCUT2D eigenvalue weighted by atomic mass is 9.95. The highest BCUT2D eigenvalue weighted by atomic mass is 19.2. The molecular weight excluding hydrogens is 408 g/mol. The van der Waals surface area contributed by atoms with Crippen molar-refractivity contribution in [2.45, 2.75) is 32.6 Å². The Bertz CT molecular complexity index is 1210. The van der Waals surface area contributed by atoms with Crippen molar-refractivity contribution in [3.05, 3.63) is 108 Å². The summed E-state index contributed by atoms with van der Waals surface area (Å²) in [7, 11) is 0.826. The first-order valence-corrected chi connectivity index (χ1v) is 11.6. The molecule has 4 rings (SSSR count). The Kier molecular flexibility index (Phi) is 6.71. The fraction of sp³-hybridized carbons (Fsp3) is 0.214. The lowest BCUT2D eigenvalue weighted by Crippen LogP contribution is -2.32. The van der Waals surface area contributed by atoms with Crippen LogP contribution < -0.4 is 5.73 Å². The molecule has 0 bridgehead atoms. The van der Waals surface area contributed by atoms with Crippen LogP contribution in [0.25, 0.3) is 22.8 Å². The van der Waals surface area contributed by atoms with Crippen molar-refractivity contribution in [1.82, 2.24) is 9.60 Å². The van der Waals surface area contributed by atoms with Crippen molar-refractivity contribution in [3.63, 3.8) is 0 Å². The monoisotopic (exact) mass is 439 g/mol. The van der Waals surface area contributed by atoms with Gasteiger partial charge >= 0.3 is 0 Å². The lowest BCUT2D eigenvalue weighted by molar-refractivity contribution is 0.0246. The summed E-state index contributed by atoms with van der Waals surface area (Å²) in [6, 6.07) is 22.5. The quantitative estimate of drug-likeness (QED) is 0.358. The number of hydrogen-bond donors (Lipinski definition) is 1. The van der Waals surface area contributed by atoms with Gasteiger partial charge in [-0.05, 0) is 73.5 Å². The van der Waals surface area contributed by atoms with E-state index >= 15 is 4.48 Å². The van der Waals surface area contributed by atoms with Crippen LogP contribution in [-0.2, 0) is 0 Å². The molecule has 2 heterocycles. The molecule has 1 unspecified atom stereocenters. The molecule has 2 N–H and O–H groups in total. The van der Waals surface area contributed by atoms with Crippen LogP contribution in [0.4, 0.5) is 4.48 Å². The molecule has 2 aromatic carbocycles. The van der Waals surface area contributed by atoms with Gasteiger partial charge in [0.1, 0.15) is 5.54 Å². The van der Waals surface area contributed by atoms with E-state index in [9.17, 15) is 0 Å². The molecule has 3 nitrogen and oxygen atoms in total. The fourth-order valence-electron chi connectivity index (χ4n) is 4.69. The Balaban J connectivity index is 1.73. The molecule has 1 aliphatic heterocycles. The van der Waals surface area contributed by atoms with E-state index in [1.54, 1.807) is 0 Å². The van der Waals surface area contributed by atoms with Crippen molar-refractivity contribution >= 4 is 19.1 Å². The molecule has 1 aromatic heterocycles. The second-order valence-electron chi connectivity index (χ2n) is 8.67. The summed E-state index contributed by atoms with van der Waals surface area (Å²) >= 11 is 0. The Labute approximate surface area is 196 Å². The zero-order valence-electron chi connectivity index (χ0n) is 19.6. The molecule has 0 saturated carbocycles. The zero-order chi connectivity index (χ0) is 23.4. The van der Waals surface area contributed by atoms with Crippen molar-refractivity contribution in [2.24, 2.45) is 5.73 Å². The number of nitrogens with zero attached hydrogens (tertiary/aromatic N) is 2. The fourth-order valence-corrected chi connectivity index (χ4v) is 4.69. The minimum absolute atomic E-state index is 0.464. The van der Waals surface area contributed by atoms with E-state index in [0.29, 0.717) is 18.7 Å². The molecule has 33 heavy (non-hydrogen) atoms. The average molecular weight is 439 g/mol. The number of aromatic nitrogens is 1. The molecule has 0 spiro atoms. The van der Waals surface area contributed by atoms with Gasteiger partial charge in [0, 0.05) is 11.3 Å². The van der Waals surface area contributed by atoms with E-state index in [1.807, 2.05) is 80.7 Å². The highest BCUT2D eigenvalue weighted by Gasteiger charge is 2.38. The third-order valence-electron chi connectivity index (χ3n) is 6.31. The highest BCUT2D eigenvalue weighted by Crippen LogP contribution is 2.42. The Hall–Kier alpha value is -3.31. The number of benzene rings is 2. The molecule has 1 aliphatic rings. The van der Waals surface area contributed by atoms with Crippen molar-refractivity contribution in [1.29, 1.82) is 0 Å². The van der Waals surface area contributed by atoms with Crippen LogP contribution >= 0.6 is 0 Å². The van der Waals surface area contributed by atoms with Crippen LogP contribution in [0.1, 0.15) is 31.5 Å². The lowest BCUT2D eigenvalue weighted by Gasteiger charge is -2.28. The Morgan fingerprint density at radius 2 is 1.79 bits per heavy atom. The van der Waals surface area contributed by atoms with E-state index in [0.717, 1.165) is 46.1 Å². The van der Waals surface area contributed by atoms with Gasteiger partial charge in [-0.1, -0.05) is 78.1 Å². The second kappa shape index (κ2) is 9.68. The van der Waals surface area contributed by atoms with E-state index in [1.165, 1.54) is 0 Å². The van der Waals surface area contributed by atoms with E-state index in [-0.39, 0.29) is 0 Å². The normalized spacial score (nSPS) is 19.8. The summed E-state index contributed by atoms with van der Waals surface area (Å²) in [5.74, 6) is 0. The van der Waals surface area contributed by atoms with Crippen LogP contribution in [-0.4, -0.2) is 29.1 Å². The largest absolute Gasteiger partial charge is 0.396 e. The van der Waals surface area contributed by atoms with Gasteiger partial charge in [-0.15, -0.1) is 0 Å². The van der Waals surface area contributed by atoms with Gasteiger partial charge in [-0.25, -0.2) is 0 Å². The van der Waals surface area contributed by atoms with Crippen LogP contribution in [0.5, 0.6) is 0 Å². The molecule has 0 fully saturated rings. The summed E-state index contributed by atoms with van der Waals surface area (Å²) < 4.78 is 18.2. The number of halogens is 1. The molecule has 3 aromatic rings. The molecule has 1 atom stereocenters. The van der Waals surface area contributed by atoms with Crippen molar-refractivity contribution in [2.75, 3.05) is 6.54 Å². The number of allylic oxidation sites excluding steroid dienone is 1. The second-order valence-corrected chi connectivity index (χ2v) is 8.67. The third kappa shape index (κ3) is 4.46. The molecule has 168 valence electrons. The van der Waals surface area contributed by atoms with E-state index < -0.39 is 5.54 Å². The highest BCUT2D eigenvalue weighted by molar-refractivity contribution is 6.32. The summed E-state index contributed by atoms with van der Waals surface area (Å²) in [6.45, 7) is 6.44. The Morgan fingerprint density at radius 3 is 2.52 bits per heavy atom. The minimum Gasteiger partial charge on any atom is -0.396 e. The number of hydrogen-bond acceptors (Lipinski definition) is 2. The third-order valence-corrected chi connectivity index (χ3v) is 6.31. The predicted molar refractivity (Wildman–Crippen MR) is 139 cm³/mol. The number of rotatable bonds is 7. The van der Waals surface area contributed by atoms with Crippen molar-refractivity contribution < 1.29 is 4.48 Å². The van der Waals surface area contributed by atoms with Gasteiger partial charge in [0.25, 0.3) is 0 Å². The van der Waals surface area contributed by atoms with Crippen molar-refractivity contribution in [3.8, 4) is 11.1 Å². The van der Waals surface area contributed by atoms with Gasteiger partial charge in [-0.3, -0.25) is 0 Å². The van der Waals surface area contributed by atoms with Crippen LogP contribution in [0, 0.1) is 0 Å². The van der Waals surface area contributed by atoms with E-state index in [2.05, 4.69) is 35.6 Å². The minimum atomic E-state index is -0.882. The average Bonchev–Trinajstić information content (AvgIpc) is 3.39. The van der Waals surface area contributed by atoms with Gasteiger partial charge in [0.15, 0.2) is 0 Å². The maximum Gasteiger partial charge on any atom is 0.238 e. The SMILES string of the molecule is CBn1cccc1/C(CCN)=C1/C(C)=CC(C)(/C=C/c2ccccc2-c2ccccc2)N1F. The number of nitrogens with two attached hydrogens (primary N) is 1. The molecule has 0 radical (unpaired) electrons. The van der Waals surface area contributed by atoms with E-state index in [4.69, 9.17) is 5.73 Å². The van der Waals surface area contributed by atoms with Gasteiger partial charge < -0.3 is 10.2 Å². The topological polar surface area (TPSA) is 34.2 Å². The van der Waals surface area contributed by atoms with Crippen LogP contribution in [0.3, 0.4) is 0 Å². The molecule has 5 heteroatoms. The zero-order valence-corrected chi connectivity index (χ0v) is 19.6. The van der Waals surface area contributed by atoms with Gasteiger partial charge in [-0.2, -0.15) is 5.12 Å². The van der Waals surface area contributed by atoms with Gasteiger partial charge in [0.05, 0.1) is 5.70 Å². The summed E-state index contributed by atoms with van der Waals surface area (Å²) in [4.78, 5) is 0. The first-order chi connectivity index (χ1) is 16.0. The molecular formula is C28H31BFN3. The molecule has 0 saturated heterocycles. The smallest absolute Gasteiger partial charge is 0.238 e. The maximum atomic E-state index is 16.0. The maximum absolute atomic E-state index is 16.0. The Morgan fingerprint density at radius 1 is 1.06 bits per heavy atom. The predicted octanol–water partition coefficient (Wildman–Crippen LogP) is 6.08. The summed E-state index contributed by atoms with van der Waals surface area (Å²) in [5.41, 5.74) is 11.9. The first-order valence-electron chi connectivity index (χ1n) is 11.6. The summed E-state index contributed by atoms with van der Waals surface area (Å²) in [6.07, 6.45) is 8.62. The van der Waals surface area contributed by atoms with Gasteiger partial charge in [0.2, 0.25) is 7.41 Å². The summed E-state index contributed by atoms with van der Waals surface area (Å²) in [5, 5.41) is 0.905. The standard InChI is InChI=1S/C28H31BFN3/c1-21-20-28(2,17-15-23-12-7-8-13-24(23)22-10-5-4-6-11-22)33(30)27(21)25(16-18-31)26-14-9-19-32(26)29-3/h4-15,17,19-20,29H,16,18,31H2,1-3H3/b17-15+,27-25-. The van der Waals surface area contributed by atoms with Crippen LogP contribution in [0.2, 0.25) is 6.82 Å². The first kappa shape index (κ1) is 22.9. The van der Waals surface area contributed by atoms with Crippen LogP contribution in [0.15, 0.2) is 96.3 Å². The molecule has 0 aliphatic carbocycles.